The number of nitrogens with one attached hydrogen (secondary N) is 1. The van der Waals surface area contributed by atoms with Gasteiger partial charge in [0, 0.05) is 19.1 Å². The van der Waals surface area contributed by atoms with Gasteiger partial charge in [0.25, 0.3) is 0 Å². The zero-order chi connectivity index (χ0) is 15.1. The van der Waals surface area contributed by atoms with E-state index in [0.717, 1.165) is 51.9 Å². The summed E-state index contributed by atoms with van der Waals surface area (Å²) in [6.07, 6.45) is 4.08. The van der Waals surface area contributed by atoms with Gasteiger partial charge in [-0.3, -0.25) is 0 Å². The number of benzene rings is 1. The van der Waals surface area contributed by atoms with E-state index in [1.807, 2.05) is 0 Å². The Morgan fingerprint density at radius 2 is 2.00 bits per heavy atom. The van der Waals surface area contributed by atoms with Crippen molar-refractivity contribution < 1.29 is 5.11 Å². The van der Waals surface area contributed by atoms with Crippen LogP contribution >= 0.6 is 0 Å². The van der Waals surface area contributed by atoms with Gasteiger partial charge in [-0.05, 0) is 56.8 Å². The molecule has 1 aromatic rings. The van der Waals surface area contributed by atoms with E-state index in [0.29, 0.717) is 6.04 Å². The molecule has 1 atom stereocenters. The minimum Gasteiger partial charge on any atom is -0.393 e. The molecule has 1 aliphatic heterocycles. The molecule has 2 N–H and O–H groups in total. The first-order valence-electron chi connectivity index (χ1n) is 8.40. The average molecular weight is 290 g/mol. The summed E-state index contributed by atoms with van der Waals surface area (Å²) in [6.45, 7) is 8.67. The predicted molar refractivity (Wildman–Crippen MR) is 88.5 cm³/mol. The predicted octanol–water partition coefficient (Wildman–Crippen LogP) is 2.88. The van der Waals surface area contributed by atoms with Crippen molar-refractivity contribution in [2.75, 3.05) is 26.2 Å². The van der Waals surface area contributed by atoms with Gasteiger partial charge >= 0.3 is 0 Å². The quantitative estimate of drug-likeness (QED) is 0.810. The molecule has 2 rings (SSSR count). The summed E-state index contributed by atoms with van der Waals surface area (Å²) in [5.74, 6) is 0. The number of aliphatic hydroxyl groups excluding tert-OH is 1. The summed E-state index contributed by atoms with van der Waals surface area (Å²) in [5, 5.41) is 13.3. The standard InChI is InChI=1S/C18H30N2O/c1-3-11-19-18(17-7-5-4-6-15(17)2)10-14-20-12-8-16(21)9-13-20/h4-7,16,18-19,21H,3,8-14H2,1-2H3. The summed E-state index contributed by atoms with van der Waals surface area (Å²) in [7, 11) is 0. The molecule has 1 fully saturated rings. The van der Waals surface area contributed by atoms with Crippen molar-refractivity contribution in [2.45, 2.75) is 51.7 Å². The van der Waals surface area contributed by atoms with Crippen LogP contribution in [-0.4, -0.2) is 42.3 Å². The van der Waals surface area contributed by atoms with Gasteiger partial charge in [-0.25, -0.2) is 0 Å². The molecular formula is C18H30N2O. The zero-order valence-corrected chi connectivity index (χ0v) is 13.5. The fourth-order valence-electron chi connectivity index (χ4n) is 3.12. The van der Waals surface area contributed by atoms with E-state index in [2.05, 4.69) is 48.3 Å². The lowest BCUT2D eigenvalue weighted by molar-refractivity contribution is 0.0806. The summed E-state index contributed by atoms with van der Waals surface area (Å²) >= 11 is 0. The highest BCUT2D eigenvalue weighted by Gasteiger charge is 2.19. The Morgan fingerprint density at radius 3 is 2.67 bits per heavy atom. The molecule has 1 saturated heterocycles. The maximum atomic E-state index is 9.60. The van der Waals surface area contributed by atoms with Crippen LogP contribution in [0.1, 0.15) is 49.8 Å². The second-order valence-electron chi connectivity index (χ2n) is 6.22. The third kappa shape index (κ3) is 5.10. The highest BCUT2D eigenvalue weighted by atomic mass is 16.3. The molecule has 0 aliphatic carbocycles. The van der Waals surface area contributed by atoms with Crippen LogP contribution < -0.4 is 5.32 Å². The summed E-state index contributed by atoms with van der Waals surface area (Å²) in [4.78, 5) is 2.49. The van der Waals surface area contributed by atoms with Gasteiger partial charge in [-0.15, -0.1) is 0 Å². The Balaban J connectivity index is 1.92. The molecule has 0 saturated carbocycles. The van der Waals surface area contributed by atoms with E-state index in [9.17, 15) is 5.11 Å². The van der Waals surface area contributed by atoms with Crippen LogP contribution in [0.2, 0.25) is 0 Å². The maximum Gasteiger partial charge on any atom is 0.0564 e. The van der Waals surface area contributed by atoms with E-state index in [4.69, 9.17) is 0 Å². The van der Waals surface area contributed by atoms with Crippen molar-refractivity contribution in [3.05, 3.63) is 35.4 Å². The molecule has 118 valence electrons. The topological polar surface area (TPSA) is 35.5 Å². The highest BCUT2D eigenvalue weighted by molar-refractivity contribution is 5.28. The molecule has 0 radical (unpaired) electrons. The highest BCUT2D eigenvalue weighted by Crippen LogP contribution is 2.22. The van der Waals surface area contributed by atoms with Crippen LogP contribution in [0, 0.1) is 6.92 Å². The van der Waals surface area contributed by atoms with Crippen molar-refractivity contribution in [1.82, 2.24) is 10.2 Å². The molecule has 21 heavy (non-hydrogen) atoms. The number of likely N-dealkylation sites (tertiary alicyclic amines) is 1. The first kappa shape index (κ1) is 16.5. The fraction of sp³-hybridized carbons (Fsp3) is 0.667. The van der Waals surface area contributed by atoms with Gasteiger partial charge in [0.2, 0.25) is 0 Å². The van der Waals surface area contributed by atoms with Crippen LogP contribution in [0.3, 0.4) is 0 Å². The van der Waals surface area contributed by atoms with Crippen molar-refractivity contribution in [2.24, 2.45) is 0 Å². The molecule has 0 aromatic heterocycles. The number of hydrogen-bond acceptors (Lipinski definition) is 3. The van der Waals surface area contributed by atoms with E-state index in [-0.39, 0.29) is 6.10 Å². The van der Waals surface area contributed by atoms with Crippen molar-refractivity contribution in [1.29, 1.82) is 0 Å². The number of hydrogen-bond donors (Lipinski definition) is 2. The van der Waals surface area contributed by atoms with Crippen molar-refractivity contribution in [3.63, 3.8) is 0 Å². The Bertz CT molecular complexity index is 413. The van der Waals surface area contributed by atoms with Gasteiger partial charge in [0.1, 0.15) is 0 Å². The smallest absolute Gasteiger partial charge is 0.0564 e. The summed E-state index contributed by atoms with van der Waals surface area (Å²) < 4.78 is 0. The zero-order valence-electron chi connectivity index (χ0n) is 13.5. The second kappa shape index (κ2) is 8.52. The normalized spacial score (nSPS) is 18.8. The van der Waals surface area contributed by atoms with E-state index >= 15 is 0 Å². The van der Waals surface area contributed by atoms with Crippen LogP contribution in [0.5, 0.6) is 0 Å². The number of piperidine rings is 1. The molecule has 0 spiro atoms. The number of aliphatic hydroxyl groups is 1. The minimum absolute atomic E-state index is 0.0772. The largest absolute Gasteiger partial charge is 0.393 e. The molecular weight excluding hydrogens is 260 g/mol. The number of aryl methyl sites for hydroxylation is 1. The Labute approximate surface area is 129 Å². The summed E-state index contributed by atoms with van der Waals surface area (Å²) in [5.41, 5.74) is 2.81. The molecule has 0 bridgehead atoms. The lowest BCUT2D eigenvalue weighted by Gasteiger charge is -2.31. The van der Waals surface area contributed by atoms with E-state index in [1.165, 1.54) is 11.1 Å². The third-order valence-electron chi connectivity index (χ3n) is 4.50. The molecule has 1 aromatic carbocycles. The Hall–Kier alpha value is -0.900. The number of nitrogens with zero attached hydrogens (tertiary/aromatic N) is 1. The lowest BCUT2D eigenvalue weighted by Crippen LogP contribution is -2.38. The van der Waals surface area contributed by atoms with Crippen LogP contribution in [0.15, 0.2) is 24.3 Å². The average Bonchev–Trinajstić information content (AvgIpc) is 2.50. The summed E-state index contributed by atoms with van der Waals surface area (Å²) in [6, 6.07) is 9.15. The molecule has 3 heteroatoms. The van der Waals surface area contributed by atoms with Crippen LogP contribution in [-0.2, 0) is 0 Å². The Morgan fingerprint density at radius 1 is 1.29 bits per heavy atom. The molecule has 1 aliphatic rings. The molecule has 0 amide bonds. The van der Waals surface area contributed by atoms with Crippen LogP contribution in [0.4, 0.5) is 0 Å². The van der Waals surface area contributed by atoms with Crippen molar-refractivity contribution >= 4 is 0 Å². The third-order valence-corrected chi connectivity index (χ3v) is 4.50. The van der Waals surface area contributed by atoms with Crippen LogP contribution in [0.25, 0.3) is 0 Å². The van der Waals surface area contributed by atoms with Gasteiger partial charge in [-0.2, -0.15) is 0 Å². The Kier molecular flexibility index (Phi) is 6.68. The van der Waals surface area contributed by atoms with Gasteiger partial charge in [0.05, 0.1) is 6.10 Å². The fourth-order valence-corrected chi connectivity index (χ4v) is 3.12. The molecule has 1 unspecified atom stereocenters. The van der Waals surface area contributed by atoms with E-state index in [1.54, 1.807) is 0 Å². The van der Waals surface area contributed by atoms with E-state index < -0.39 is 0 Å². The number of rotatable bonds is 7. The van der Waals surface area contributed by atoms with Gasteiger partial charge in [0.15, 0.2) is 0 Å². The lowest BCUT2D eigenvalue weighted by atomic mass is 9.98. The first-order valence-corrected chi connectivity index (χ1v) is 8.40. The second-order valence-corrected chi connectivity index (χ2v) is 6.22. The SMILES string of the molecule is CCCNC(CCN1CCC(O)CC1)c1ccccc1C. The maximum absolute atomic E-state index is 9.60. The molecule has 1 heterocycles. The molecule has 3 nitrogen and oxygen atoms in total. The van der Waals surface area contributed by atoms with Gasteiger partial charge < -0.3 is 15.3 Å². The minimum atomic E-state index is -0.0772. The van der Waals surface area contributed by atoms with Gasteiger partial charge in [-0.1, -0.05) is 31.2 Å². The van der Waals surface area contributed by atoms with Crippen molar-refractivity contribution in [3.8, 4) is 0 Å². The first-order chi connectivity index (χ1) is 10.2. The monoisotopic (exact) mass is 290 g/mol.